The maximum Gasteiger partial charge on any atom is 0.254 e. The highest BCUT2D eigenvalue weighted by Gasteiger charge is 2.39. The molecule has 2 aliphatic rings. The van der Waals surface area contributed by atoms with Gasteiger partial charge >= 0.3 is 0 Å². The fraction of sp³-hybridized carbons (Fsp3) is 0.429. The first-order chi connectivity index (χ1) is 14.5. The van der Waals surface area contributed by atoms with Crippen molar-refractivity contribution in [3.8, 4) is 0 Å². The number of hydrogen-bond acceptors (Lipinski definition) is 5. The van der Waals surface area contributed by atoms with Gasteiger partial charge in [0.2, 0.25) is 0 Å². The Labute approximate surface area is 185 Å². The second kappa shape index (κ2) is 8.98. The van der Waals surface area contributed by atoms with E-state index in [2.05, 4.69) is 10.4 Å². The van der Waals surface area contributed by atoms with E-state index in [9.17, 15) is 4.79 Å². The van der Waals surface area contributed by atoms with Crippen molar-refractivity contribution in [3.05, 3.63) is 57.3 Å². The summed E-state index contributed by atoms with van der Waals surface area (Å²) >= 11 is 12.5. The van der Waals surface area contributed by atoms with Crippen LogP contribution in [0.25, 0.3) is 0 Å². The Hall–Kier alpha value is -2.06. The molecule has 4 rings (SSSR count). The van der Waals surface area contributed by atoms with Crippen molar-refractivity contribution >= 4 is 34.9 Å². The van der Waals surface area contributed by atoms with Crippen LogP contribution in [0.2, 0.25) is 10.0 Å². The van der Waals surface area contributed by atoms with Crippen LogP contribution in [0.5, 0.6) is 0 Å². The van der Waals surface area contributed by atoms with Crippen molar-refractivity contribution < 1.29 is 14.3 Å². The number of nitrogens with zero attached hydrogens (tertiary/aromatic N) is 3. The third-order valence-corrected chi connectivity index (χ3v) is 6.31. The van der Waals surface area contributed by atoms with Gasteiger partial charge in [0.05, 0.1) is 46.8 Å². The van der Waals surface area contributed by atoms with Crippen molar-refractivity contribution in [2.24, 2.45) is 0 Å². The van der Waals surface area contributed by atoms with Crippen LogP contribution in [0.15, 0.2) is 41.7 Å². The van der Waals surface area contributed by atoms with Gasteiger partial charge in [-0.3, -0.25) is 4.79 Å². The average Bonchev–Trinajstić information content (AvgIpc) is 3.38. The number of aromatic nitrogens is 2. The summed E-state index contributed by atoms with van der Waals surface area (Å²) in [5, 5.41) is 8.70. The molecule has 1 saturated heterocycles. The molecule has 1 aromatic heterocycles. The van der Waals surface area contributed by atoms with E-state index in [-0.39, 0.29) is 18.6 Å². The number of halogens is 2. The quantitative estimate of drug-likeness (QED) is 0.725. The molecule has 1 unspecified atom stereocenters. The minimum absolute atomic E-state index is 0.0484. The molecule has 7 nitrogen and oxygen atoms in total. The SMILES string of the molecule is COCC1=C(C(=O)N2CCC[C@H]2COC)C(c2ccc(Cl)c(Cl)c2)n2nccc2N1. The second-order valence-electron chi connectivity index (χ2n) is 7.44. The molecule has 0 radical (unpaired) electrons. The molecule has 2 aliphatic heterocycles. The first kappa shape index (κ1) is 21.2. The zero-order chi connectivity index (χ0) is 21.3. The summed E-state index contributed by atoms with van der Waals surface area (Å²) in [5.41, 5.74) is 2.14. The smallest absolute Gasteiger partial charge is 0.254 e. The number of likely N-dealkylation sites (tertiary alicyclic amines) is 1. The molecule has 30 heavy (non-hydrogen) atoms. The minimum atomic E-state index is -0.451. The van der Waals surface area contributed by atoms with Gasteiger partial charge in [0.25, 0.3) is 5.91 Å². The molecule has 9 heteroatoms. The Bertz CT molecular complexity index is 975. The number of hydrogen-bond donors (Lipinski definition) is 1. The van der Waals surface area contributed by atoms with Crippen LogP contribution in [-0.2, 0) is 14.3 Å². The van der Waals surface area contributed by atoms with Crippen molar-refractivity contribution in [2.75, 3.05) is 39.3 Å². The lowest BCUT2D eigenvalue weighted by Gasteiger charge is -2.34. The van der Waals surface area contributed by atoms with Gasteiger partial charge in [0.15, 0.2) is 0 Å². The van der Waals surface area contributed by atoms with Crippen LogP contribution in [0.1, 0.15) is 24.4 Å². The topological polar surface area (TPSA) is 68.6 Å². The number of nitrogens with one attached hydrogen (secondary N) is 1. The lowest BCUT2D eigenvalue weighted by Crippen LogP contribution is -2.43. The maximum atomic E-state index is 13.9. The zero-order valence-corrected chi connectivity index (χ0v) is 18.4. The van der Waals surface area contributed by atoms with E-state index in [1.807, 2.05) is 17.0 Å². The Morgan fingerprint density at radius 3 is 2.80 bits per heavy atom. The van der Waals surface area contributed by atoms with E-state index in [0.29, 0.717) is 28.8 Å². The standard InChI is InChI=1S/C21H24Cl2N4O3/c1-29-11-14-4-3-9-26(14)21(28)19-17(12-30-2)25-18-7-8-24-27(18)20(19)13-5-6-15(22)16(23)10-13/h5-8,10,14,20,25H,3-4,9,11-12H2,1-2H3/t14-,20?/m0/s1. The molecule has 0 aliphatic carbocycles. The third kappa shape index (κ3) is 3.83. The molecule has 0 spiro atoms. The number of carbonyl (C=O) groups excluding carboxylic acids is 1. The van der Waals surface area contributed by atoms with Crippen LogP contribution >= 0.6 is 23.2 Å². The molecular weight excluding hydrogens is 427 g/mol. The Morgan fingerprint density at radius 1 is 1.23 bits per heavy atom. The number of methoxy groups -OCH3 is 2. The van der Waals surface area contributed by atoms with Gasteiger partial charge in [-0.2, -0.15) is 5.10 Å². The van der Waals surface area contributed by atoms with E-state index in [1.165, 1.54) is 0 Å². The van der Waals surface area contributed by atoms with Gasteiger partial charge in [-0.1, -0.05) is 29.3 Å². The molecule has 1 N–H and O–H groups in total. The van der Waals surface area contributed by atoms with Gasteiger partial charge in [-0.25, -0.2) is 4.68 Å². The fourth-order valence-corrected chi connectivity index (χ4v) is 4.55. The molecule has 0 bridgehead atoms. The number of fused-ring (bicyclic) bond motifs is 1. The molecule has 2 atom stereocenters. The predicted octanol–water partition coefficient (Wildman–Crippen LogP) is 3.74. The van der Waals surface area contributed by atoms with Crippen LogP contribution in [0, 0.1) is 0 Å². The summed E-state index contributed by atoms with van der Waals surface area (Å²) in [6, 6.07) is 6.88. The fourth-order valence-electron chi connectivity index (χ4n) is 4.25. The van der Waals surface area contributed by atoms with Gasteiger partial charge in [-0.05, 0) is 30.5 Å². The number of rotatable bonds is 6. The van der Waals surface area contributed by atoms with E-state index < -0.39 is 6.04 Å². The summed E-state index contributed by atoms with van der Waals surface area (Å²) in [7, 11) is 3.27. The zero-order valence-electron chi connectivity index (χ0n) is 16.9. The molecule has 0 saturated carbocycles. The van der Waals surface area contributed by atoms with Crippen molar-refractivity contribution in [2.45, 2.75) is 24.9 Å². The largest absolute Gasteiger partial charge is 0.383 e. The summed E-state index contributed by atoms with van der Waals surface area (Å²) in [4.78, 5) is 15.8. The predicted molar refractivity (Wildman–Crippen MR) is 116 cm³/mol. The first-order valence-electron chi connectivity index (χ1n) is 9.82. The van der Waals surface area contributed by atoms with E-state index in [0.717, 1.165) is 29.9 Å². The molecule has 160 valence electrons. The molecule has 1 fully saturated rings. The number of benzene rings is 1. The number of anilines is 1. The van der Waals surface area contributed by atoms with E-state index in [4.69, 9.17) is 32.7 Å². The lowest BCUT2D eigenvalue weighted by molar-refractivity contribution is -0.129. The van der Waals surface area contributed by atoms with E-state index >= 15 is 0 Å². The lowest BCUT2D eigenvalue weighted by atomic mass is 9.94. The van der Waals surface area contributed by atoms with Crippen LogP contribution in [-0.4, -0.2) is 60.6 Å². The summed E-state index contributed by atoms with van der Waals surface area (Å²) in [6.07, 6.45) is 3.57. The van der Waals surface area contributed by atoms with Crippen molar-refractivity contribution in [1.82, 2.24) is 14.7 Å². The van der Waals surface area contributed by atoms with E-state index in [1.54, 1.807) is 37.2 Å². The summed E-state index contributed by atoms with van der Waals surface area (Å²) < 4.78 is 12.6. The third-order valence-electron chi connectivity index (χ3n) is 5.57. The Kier molecular flexibility index (Phi) is 6.34. The number of carbonyl (C=O) groups is 1. The Morgan fingerprint density at radius 2 is 2.07 bits per heavy atom. The normalized spacial score (nSPS) is 21.0. The maximum absolute atomic E-state index is 13.9. The highest BCUT2D eigenvalue weighted by atomic mass is 35.5. The van der Waals surface area contributed by atoms with Crippen molar-refractivity contribution in [3.63, 3.8) is 0 Å². The molecule has 1 amide bonds. The van der Waals surface area contributed by atoms with Gasteiger partial charge < -0.3 is 19.7 Å². The van der Waals surface area contributed by atoms with Crippen LogP contribution < -0.4 is 5.32 Å². The van der Waals surface area contributed by atoms with Gasteiger partial charge in [0.1, 0.15) is 11.9 Å². The highest BCUT2D eigenvalue weighted by molar-refractivity contribution is 6.42. The number of amides is 1. The Balaban J connectivity index is 1.83. The first-order valence-corrected chi connectivity index (χ1v) is 10.6. The summed E-state index contributed by atoms with van der Waals surface area (Å²) in [6.45, 7) is 1.47. The highest BCUT2D eigenvalue weighted by Crippen LogP contribution is 2.39. The van der Waals surface area contributed by atoms with Gasteiger partial charge in [0, 0.05) is 26.8 Å². The average molecular weight is 451 g/mol. The minimum Gasteiger partial charge on any atom is -0.383 e. The molecule has 1 aromatic carbocycles. The van der Waals surface area contributed by atoms with Crippen LogP contribution in [0.3, 0.4) is 0 Å². The molecule has 3 heterocycles. The van der Waals surface area contributed by atoms with Crippen molar-refractivity contribution in [1.29, 1.82) is 0 Å². The summed E-state index contributed by atoms with van der Waals surface area (Å²) in [5.74, 6) is 0.732. The second-order valence-corrected chi connectivity index (χ2v) is 8.25. The molecule has 2 aromatic rings. The molecular formula is C21H24Cl2N4O3. The van der Waals surface area contributed by atoms with Crippen LogP contribution in [0.4, 0.5) is 5.82 Å². The number of ether oxygens (including phenoxy) is 2. The van der Waals surface area contributed by atoms with Gasteiger partial charge in [-0.15, -0.1) is 0 Å². The monoisotopic (exact) mass is 450 g/mol.